The molecule has 0 aliphatic heterocycles. The predicted octanol–water partition coefficient (Wildman–Crippen LogP) is 5.40. The summed E-state index contributed by atoms with van der Waals surface area (Å²) in [7, 11) is 2.58. The van der Waals surface area contributed by atoms with Gasteiger partial charge in [-0.25, -0.2) is 0 Å². The molecule has 1 rings (SSSR count). The number of hydrogen-bond donors (Lipinski definition) is 1. The minimum Gasteiger partial charge on any atom is -0.412 e. The summed E-state index contributed by atoms with van der Waals surface area (Å²) in [4.78, 5) is 0. The fourth-order valence-corrected chi connectivity index (χ4v) is 1.19. The molecular weight excluding hydrogens is 525 g/mol. The summed E-state index contributed by atoms with van der Waals surface area (Å²) in [6.45, 7) is 8.63. The molecule has 7 heteroatoms. The molecule has 0 bridgehead atoms. The minimum atomic E-state index is 0. The van der Waals surface area contributed by atoms with Crippen LogP contribution in [0.2, 0.25) is 0 Å². The molecule has 0 spiro atoms. The third-order valence-corrected chi connectivity index (χ3v) is 2.10. The molecule has 0 radical (unpaired) electrons. The Bertz CT molecular complexity index is 265. The lowest BCUT2D eigenvalue weighted by Gasteiger charge is -2.04. The van der Waals surface area contributed by atoms with E-state index in [1.807, 2.05) is 0 Å². The van der Waals surface area contributed by atoms with Crippen molar-refractivity contribution >= 4 is 77.2 Å². The summed E-state index contributed by atoms with van der Waals surface area (Å²) in [6.07, 6.45) is 2.31. The molecule has 19 heavy (non-hydrogen) atoms. The van der Waals surface area contributed by atoms with Crippen molar-refractivity contribution in [3.05, 3.63) is 34.9 Å². The van der Waals surface area contributed by atoms with E-state index in [1.165, 1.54) is 22.9 Å². The molecule has 1 aromatic carbocycles. The average molecular weight is 555 g/mol. The molecule has 0 fully saturated rings. The lowest BCUT2D eigenvalue weighted by Crippen LogP contribution is -1.88. The van der Waals surface area contributed by atoms with E-state index in [4.69, 9.17) is 0 Å². The van der Waals surface area contributed by atoms with Crippen molar-refractivity contribution < 1.29 is 5.48 Å². The number of halogens is 4. The first-order chi connectivity index (χ1) is 6.17. The average Bonchev–Trinajstić information content (AvgIpc) is 2.11. The van der Waals surface area contributed by atoms with Gasteiger partial charge in [0.05, 0.1) is 0 Å². The van der Waals surface area contributed by atoms with Gasteiger partial charge >= 0.3 is 0 Å². The molecule has 122 valence electrons. The topological polar surface area (TPSA) is 66.5 Å². The number of benzene rings is 1. The van der Waals surface area contributed by atoms with Crippen LogP contribution in [0.4, 0.5) is 0 Å². The summed E-state index contributed by atoms with van der Waals surface area (Å²) in [6, 6.07) is 6.48. The van der Waals surface area contributed by atoms with Crippen molar-refractivity contribution in [2.45, 2.75) is 34.1 Å². The van der Waals surface area contributed by atoms with Crippen LogP contribution >= 0.6 is 77.2 Å². The Morgan fingerprint density at radius 3 is 1.58 bits per heavy atom. The third-order valence-electron chi connectivity index (χ3n) is 2.10. The van der Waals surface area contributed by atoms with Crippen LogP contribution in [0.1, 0.15) is 30.5 Å². The van der Waals surface area contributed by atoms with Crippen LogP contribution in [0.3, 0.4) is 0 Å². The highest BCUT2D eigenvalue weighted by Crippen LogP contribution is 2.12. The van der Waals surface area contributed by atoms with Crippen molar-refractivity contribution in [2.75, 3.05) is 6.16 Å². The van der Waals surface area contributed by atoms with E-state index in [2.05, 4.69) is 55.1 Å². The van der Waals surface area contributed by atoms with Crippen molar-refractivity contribution in [3.8, 4) is 0 Å². The molecule has 0 aromatic heterocycles. The van der Waals surface area contributed by atoms with Gasteiger partial charge in [0.25, 0.3) is 0 Å². The number of hydrogen-bond acceptors (Lipinski definition) is 1. The summed E-state index contributed by atoms with van der Waals surface area (Å²) in [5.74, 6) is 0. The second-order valence-electron chi connectivity index (χ2n) is 3.12. The zero-order valence-electron chi connectivity index (χ0n) is 12.1. The van der Waals surface area contributed by atoms with Crippen LogP contribution in [0.5, 0.6) is 0 Å². The second kappa shape index (κ2) is 27.8. The molecule has 1 aromatic rings. The van der Waals surface area contributed by atoms with E-state index in [1.54, 1.807) is 0 Å². The van der Waals surface area contributed by atoms with Crippen LogP contribution in [-0.4, -0.2) is 11.6 Å². The molecule has 1 unspecified atom stereocenters. The maximum absolute atomic E-state index is 2.58. The van der Waals surface area contributed by atoms with Gasteiger partial charge in [-0.1, -0.05) is 32.0 Å². The van der Waals surface area contributed by atoms with Gasteiger partial charge < -0.3 is 11.6 Å². The lowest BCUT2D eigenvalue weighted by molar-refractivity contribution is 0.824. The molecule has 0 saturated heterocycles. The van der Waals surface area contributed by atoms with E-state index in [-0.39, 0.29) is 79.6 Å². The van der Waals surface area contributed by atoms with Crippen molar-refractivity contribution in [2.24, 2.45) is 0 Å². The van der Waals surface area contributed by atoms with Crippen molar-refractivity contribution in [1.82, 2.24) is 6.15 Å². The molecule has 5 N–H and O–H groups in total. The maximum Gasteiger partial charge on any atom is -0.0305 e. The molecule has 1 atom stereocenters. The van der Waals surface area contributed by atoms with Crippen molar-refractivity contribution in [1.29, 1.82) is 0 Å². The van der Waals surface area contributed by atoms with Crippen LogP contribution in [0, 0.1) is 13.8 Å². The highest BCUT2D eigenvalue weighted by atomic mass is 79.9. The molecule has 0 aliphatic carbocycles. The van der Waals surface area contributed by atoms with E-state index in [0.717, 1.165) is 6.42 Å². The number of aryl methyl sites for hydroxylation is 2. The molecule has 0 heterocycles. The van der Waals surface area contributed by atoms with E-state index >= 15 is 0 Å². The second-order valence-corrected chi connectivity index (χ2v) is 3.94. The summed E-state index contributed by atoms with van der Waals surface area (Å²) in [5.41, 5.74) is 4.32. The van der Waals surface area contributed by atoms with Crippen LogP contribution in [0.25, 0.3) is 0 Å². The van der Waals surface area contributed by atoms with Gasteiger partial charge in [-0.2, -0.15) is 0 Å². The highest BCUT2D eigenvalue weighted by molar-refractivity contribution is 8.93. The molecule has 2 nitrogen and oxygen atoms in total. The minimum absolute atomic E-state index is 0. The smallest absolute Gasteiger partial charge is 0.0305 e. The maximum atomic E-state index is 2.58. The third kappa shape index (κ3) is 19.5. The summed E-state index contributed by atoms with van der Waals surface area (Å²) in [5, 5.41) is 0. The normalized spacial score (nSPS) is 6.16. The van der Waals surface area contributed by atoms with Gasteiger partial charge in [-0.3, -0.25) is 0 Å². The zero-order chi connectivity index (χ0) is 10.3. The van der Waals surface area contributed by atoms with E-state index < -0.39 is 0 Å². The van der Waals surface area contributed by atoms with Gasteiger partial charge in [-0.05, 0) is 43.1 Å². The Kier molecular flexibility index (Phi) is 62.5. The standard InChI is InChI=1S/C10H14.C2H7P.4BrH.H3N.H2O/c1-4-10-7-5-6-8(2)9(10)3;1-2-3;;;;;;/h5-7H,4H2,1-3H3;2-3H2,1H3;4*1H;1H3;1H2. The van der Waals surface area contributed by atoms with Crippen molar-refractivity contribution in [3.63, 3.8) is 0 Å². The molecule has 0 saturated carbocycles. The Hall–Kier alpha value is 1.49. The molecule has 0 aliphatic rings. The van der Waals surface area contributed by atoms with Gasteiger partial charge in [-0.15, -0.1) is 77.2 Å². The first kappa shape index (κ1) is 42.8. The molecule has 0 amide bonds. The van der Waals surface area contributed by atoms with Gasteiger partial charge in [0.2, 0.25) is 0 Å². The van der Waals surface area contributed by atoms with Crippen LogP contribution in [-0.2, 0) is 6.42 Å². The largest absolute Gasteiger partial charge is 0.412 e. The Morgan fingerprint density at radius 1 is 0.947 bits per heavy atom. The van der Waals surface area contributed by atoms with Gasteiger partial charge in [0, 0.05) is 0 Å². The summed E-state index contributed by atoms with van der Waals surface area (Å²) >= 11 is 0. The lowest BCUT2D eigenvalue weighted by atomic mass is 10.0. The molecular formula is C12H30Br4NOP. The van der Waals surface area contributed by atoms with E-state index in [9.17, 15) is 0 Å². The Morgan fingerprint density at radius 2 is 1.32 bits per heavy atom. The zero-order valence-corrected chi connectivity index (χ0v) is 20.1. The quantitative estimate of drug-likeness (QED) is 0.464. The SMILES string of the molecule is Br.Br.Br.Br.CCP.CCc1cccc(C)c1C.N.O. The van der Waals surface area contributed by atoms with Crippen LogP contribution < -0.4 is 6.15 Å². The number of rotatable bonds is 1. The first-order valence-corrected chi connectivity index (χ1v) is 5.74. The first-order valence-electron chi connectivity index (χ1n) is 4.92. The van der Waals surface area contributed by atoms with Crippen LogP contribution in [0.15, 0.2) is 18.2 Å². The van der Waals surface area contributed by atoms with Gasteiger partial charge in [0.1, 0.15) is 0 Å². The van der Waals surface area contributed by atoms with Gasteiger partial charge in [0.15, 0.2) is 0 Å². The predicted molar refractivity (Wildman–Crippen MR) is 115 cm³/mol. The Balaban J connectivity index is -0.0000000297. The fourth-order valence-electron chi connectivity index (χ4n) is 1.19. The highest BCUT2D eigenvalue weighted by Gasteiger charge is 1.95. The fraction of sp³-hybridized carbons (Fsp3) is 0.500. The van der Waals surface area contributed by atoms with E-state index in [0.29, 0.717) is 0 Å². The summed E-state index contributed by atoms with van der Waals surface area (Å²) < 4.78 is 0. The monoisotopic (exact) mass is 551 g/mol. The Labute approximate surface area is 163 Å².